The summed E-state index contributed by atoms with van der Waals surface area (Å²) in [7, 11) is 0. The van der Waals surface area contributed by atoms with Crippen molar-refractivity contribution in [3.05, 3.63) is 101 Å². The van der Waals surface area contributed by atoms with Crippen LogP contribution in [0.1, 0.15) is 34.3 Å². The second-order valence-corrected chi connectivity index (χ2v) is 9.80. The third kappa shape index (κ3) is 5.29. The lowest BCUT2D eigenvalue weighted by Crippen LogP contribution is -2.41. The topological polar surface area (TPSA) is 26.8 Å². The smallest absolute Gasteiger partial charge is 0.254 e. The average molecular weight is 474 g/mol. The average Bonchev–Trinajstić information content (AvgIpc) is 3.23. The molecule has 0 saturated carbocycles. The summed E-state index contributed by atoms with van der Waals surface area (Å²) in [5.41, 5.74) is 4.42. The second kappa shape index (κ2) is 10.6. The number of halogens is 1. The second-order valence-electron chi connectivity index (χ2n) is 9.37. The van der Waals surface area contributed by atoms with Crippen LogP contribution in [0.15, 0.2) is 78.9 Å². The van der Waals surface area contributed by atoms with Gasteiger partial charge in [-0.05, 0) is 60.7 Å². The third-order valence-electron chi connectivity index (χ3n) is 7.17. The summed E-state index contributed by atoms with van der Waals surface area (Å²) < 4.78 is 0. The van der Waals surface area contributed by atoms with Crippen LogP contribution < -0.4 is 4.90 Å². The van der Waals surface area contributed by atoms with Crippen molar-refractivity contribution in [1.29, 1.82) is 0 Å². The molecule has 0 aromatic heterocycles. The minimum absolute atomic E-state index is 0.173. The van der Waals surface area contributed by atoms with Crippen molar-refractivity contribution in [2.24, 2.45) is 0 Å². The van der Waals surface area contributed by atoms with E-state index in [1.807, 2.05) is 36.4 Å². The molecular weight excluding hydrogens is 442 g/mol. The molecule has 34 heavy (non-hydrogen) atoms. The number of anilines is 1. The van der Waals surface area contributed by atoms with E-state index < -0.39 is 0 Å². The molecule has 2 fully saturated rings. The number of amides is 1. The van der Waals surface area contributed by atoms with Crippen LogP contribution in [0.5, 0.6) is 0 Å². The summed E-state index contributed by atoms with van der Waals surface area (Å²) in [4.78, 5) is 20.6. The number of hydrogen-bond acceptors (Lipinski definition) is 3. The van der Waals surface area contributed by atoms with Gasteiger partial charge in [-0.15, -0.1) is 0 Å². The molecule has 0 bridgehead atoms. The van der Waals surface area contributed by atoms with Crippen LogP contribution in [-0.4, -0.2) is 61.0 Å². The molecule has 4 nitrogen and oxygen atoms in total. The summed E-state index contributed by atoms with van der Waals surface area (Å²) >= 11 is 6.07. The first-order valence-electron chi connectivity index (χ1n) is 12.3. The zero-order valence-electron chi connectivity index (χ0n) is 19.6. The number of likely N-dealkylation sites (tertiary alicyclic amines) is 1. The van der Waals surface area contributed by atoms with Gasteiger partial charge in [-0.2, -0.15) is 0 Å². The van der Waals surface area contributed by atoms with Crippen molar-refractivity contribution < 1.29 is 4.79 Å². The van der Waals surface area contributed by atoms with E-state index in [9.17, 15) is 4.79 Å². The number of benzene rings is 3. The van der Waals surface area contributed by atoms with Crippen molar-refractivity contribution in [1.82, 2.24) is 9.80 Å². The SMILES string of the molecule is O=C(c1ccccc1Cc1ccccc1)N1CC[C@@H](N2CCCN(c3ccc(Cl)cc3)CC2)C1. The van der Waals surface area contributed by atoms with Crippen LogP contribution >= 0.6 is 11.6 Å². The van der Waals surface area contributed by atoms with Crippen LogP contribution in [0.3, 0.4) is 0 Å². The predicted molar refractivity (Wildman–Crippen MR) is 140 cm³/mol. The molecule has 0 radical (unpaired) electrons. The summed E-state index contributed by atoms with van der Waals surface area (Å²) in [5.74, 6) is 0.173. The Balaban J connectivity index is 1.21. The molecule has 5 rings (SSSR count). The minimum atomic E-state index is 0.173. The highest BCUT2D eigenvalue weighted by Crippen LogP contribution is 2.24. The van der Waals surface area contributed by atoms with Gasteiger partial charge in [0, 0.05) is 61.6 Å². The fourth-order valence-electron chi connectivity index (χ4n) is 5.31. The molecule has 176 valence electrons. The largest absolute Gasteiger partial charge is 0.370 e. The van der Waals surface area contributed by atoms with Gasteiger partial charge < -0.3 is 9.80 Å². The van der Waals surface area contributed by atoms with Gasteiger partial charge in [0.15, 0.2) is 0 Å². The molecule has 3 aromatic rings. The fraction of sp³-hybridized carbons (Fsp3) is 0.345. The normalized spacial score (nSPS) is 19.3. The zero-order valence-corrected chi connectivity index (χ0v) is 20.3. The first-order chi connectivity index (χ1) is 16.7. The van der Waals surface area contributed by atoms with E-state index in [1.54, 1.807) is 0 Å². The Hall–Kier alpha value is -2.82. The first-order valence-corrected chi connectivity index (χ1v) is 12.7. The van der Waals surface area contributed by atoms with Gasteiger partial charge in [-0.25, -0.2) is 0 Å². The van der Waals surface area contributed by atoms with E-state index in [2.05, 4.69) is 57.2 Å². The Kier molecular flexibility index (Phi) is 7.17. The summed E-state index contributed by atoms with van der Waals surface area (Å²) in [5, 5.41) is 0.779. The van der Waals surface area contributed by atoms with E-state index in [4.69, 9.17) is 11.6 Å². The lowest BCUT2D eigenvalue weighted by atomic mass is 9.99. The number of carbonyl (C=O) groups is 1. The maximum Gasteiger partial charge on any atom is 0.254 e. The van der Waals surface area contributed by atoms with Gasteiger partial charge >= 0.3 is 0 Å². The Labute approximate surface area is 207 Å². The van der Waals surface area contributed by atoms with Crippen molar-refractivity contribution in [3.63, 3.8) is 0 Å². The van der Waals surface area contributed by atoms with Crippen LogP contribution in [-0.2, 0) is 6.42 Å². The van der Waals surface area contributed by atoms with E-state index in [0.717, 1.165) is 74.7 Å². The number of rotatable bonds is 5. The van der Waals surface area contributed by atoms with E-state index >= 15 is 0 Å². The minimum Gasteiger partial charge on any atom is -0.370 e. The highest BCUT2D eigenvalue weighted by molar-refractivity contribution is 6.30. The highest BCUT2D eigenvalue weighted by Gasteiger charge is 2.32. The Morgan fingerprint density at radius 1 is 0.824 bits per heavy atom. The third-order valence-corrected chi connectivity index (χ3v) is 7.43. The number of hydrogen-bond donors (Lipinski definition) is 0. The van der Waals surface area contributed by atoms with Gasteiger partial charge in [-0.1, -0.05) is 60.1 Å². The fourth-order valence-corrected chi connectivity index (χ4v) is 5.43. The number of nitrogens with zero attached hydrogens (tertiary/aromatic N) is 3. The molecule has 2 aliphatic heterocycles. The standard InChI is InChI=1S/C29H32ClN3O/c30-25-11-13-26(14-12-25)31-16-6-17-32(20-19-31)27-15-18-33(22-27)29(34)28-10-5-4-9-24(28)21-23-7-2-1-3-8-23/h1-5,7-14,27H,6,15-22H2/t27-/m1/s1. The summed E-state index contributed by atoms with van der Waals surface area (Å²) in [6.07, 6.45) is 2.97. The summed E-state index contributed by atoms with van der Waals surface area (Å²) in [6.45, 7) is 5.83. The molecule has 0 spiro atoms. The van der Waals surface area contributed by atoms with Crippen molar-refractivity contribution in [3.8, 4) is 0 Å². The Bertz CT molecular complexity index is 1100. The van der Waals surface area contributed by atoms with Crippen LogP contribution in [0, 0.1) is 0 Å². The van der Waals surface area contributed by atoms with Crippen LogP contribution in [0.2, 0.25) is 5.02 Å². The molecule has 2 aliphatic rings. The number of carbonyl (C=O) groups excluding carboxylic acids is 1. The maximum absolute atomic E-state index is 13.5. The van der Waals surface area contributed by atoms with Gasteiger partial charge in [0.2, 0.25) is 0 Å². The van der Waals surface area contributed by atoms with Gasteiger partial charge in [0.25, 0.3) is 5.91 Å². The molecule has 2 heterocycles. The highest BCUT2D eigenvalue weighted by atomic mass is 35.5. The molecule has 2 saturated heterocycles. The lowest BCUT2D eigenvalue weighted by Gasteiger charge is -2.28. The van der Waals surface area contributed by atoms with E-state index in [-0.39, 0.29) is 5.91 Å². The molecule has 0 unspecified atom stereocenters. The van der Waals surface area contributed by atoms with Crippen LogP contribution in [0.4, 0.5) is 5.69 Å². The van der Waals surface area contributed by atoms with Crippen LogP contribution in [0.25, 0.3) is 0 Å². The lowest BCUT2D eigenvalue weighted by molar-refractivity contribution is 0.0776. The summed E-state index contributed by atoms with van der Waals surface area (Å²) in [6, 6.07) is 27.1. The van der Waals surface area contributed by atoms with Gasteiger partial charge in [0.1, 0.15) is 0 Å². The van der Waals surface area contributed by atoms with Gasteiger partial charge in [-0.3, -0.25) is 9.69 Å². The van der Waals surface area contributed by atoms with Crippen molar-refractivity contribution >= 4 is 23.2 Å². The molecular formula is C29H32ClN3O. The molecule has 0 aliphatic carbocycles. The predicted octanol–water partition coefficient (Wildman–Crippen LogP) is 5.36. The van der Waals surface area contributed by atoms with Crippen molar-refractivity contribution in [2.75, 3.05) is 44.2 Å². The molecule has 0 N–H and O–H groups in total. The van der Waals surface area contributed by atoms with Crippen molar-refractivity contribution in [2.45, 2.75) is 25.3 Å². The molecule has 3 aromatic carbocycles. The quantitative estimate of drug-likeness (QED) is 0.499. The monoisotopic (exact) mass is 473 g/mol. The first kappa shape index (κ1) is 22.9. The van der Waals surface area contributed by atoms with E-state index in [1.165, 1.54) is 11.3 Å². The Morgan fingerprint density at radius 3 is 2.41 bits per heavy atom. The maximum atomic E-state index is 13.5. The molecule has 1 amide bonds. The Morgan fingerprint density at radius 2 is 1.59 bits per heavy atom. The molecule has 1 atom stereocenters. The molecule has 5 heteroatoms. The van der Waals surface area contributed by atoms with E-state index in [0.29, 0.717) is 6.04 Å². The van der Waals surface area contributed by atoms with Gasteiger partial charge in [0.05, 0.1) is 0 Å². The zero-order chi connectivity index (χ0) is 23.3.